The van der Waals surface area contributed by atoms with Crippen LogP contribution in [-0.4, -0.2) is 105 Å². The van der Waals surface area contributed by atoms with Crippen molar-refractivity contribution in [2.24, 2.45) is 28.9 Å². The summed E-state index contributed by atoms with van der Waals surface area (Å²) in [5.74, 6) is -6.71. The number of nitrogens with one attached hydrogen (secondary N) is 5. The molecule has 7 atom stereocenters. The van der Waals surface area contributed by atoms with Crippen LogP contribution < -0.4 is 44.2 Å². The smallest absolute Gasteiger partial charge is 0.246 e. The van der Waals surface area contributed by atoms with Gasteiger partial charge in [-0.2, -0.15) is 0 Å². The number of H-pyrrole nitrogens is 1. The molecule has 0 radical (unpaired) electrons. The molecule has 318 valence electrons. The van der Waals surface area contributed by atoms with Crippen molar-refractivity contribution in [1.82, 2.24) is 31.2 Å². The van der Waals surface area contributed by atoms with Crippen molar-refractivity contribution in [2.45, 2.75) is 101 Å². The van der Waals surface area contributed by atoms with E-state index in [-0.39, 0.29) is 38.0 Å². The Morgan fingerprint density at radius 3 is 2.10 bits per heavy atom. The number of likely N-dealkylation sites (tertiary alicyclic amines) is 1. The molecule has 19 heteroatoms. The van der Waals surface area contributed by atoms with E-state index in [9.17, 15) is 43.5 Å². The van der Waals surface area contributed by atoms with E-state index >= 15 is 0 Å². The molecule has 1 saturated heterocycles. The lowest BCUT2D eigenvalue weighted by atomic mass is 9.96. The van der Waals surface area contributed by atoms with Gasteiger partial charge in [-0.05, 0) is 54.5 Å². The molecule has 14 N–H and O–H groups in total. The molecule has 59 heavy (non-hydrogen) atoms. The summed E-state index contributed by atoms with van der Waals surface area (Å²) in [7, 11) is 0. The van der Waals surface area contributed by atoms with Gasteiger partial charge in [0.2, 0.25) is 47.3 Å². The molecule has 0 saturated carbocycles. The Morgan fingerprint density at radius 2 is 1.46 bits per heavy atom. The normalized spacial score (nSPS) is 16.8. The molecule has 2 heterocycles. The molecular weight excluding hydrogens is 765 g/mol. The van der Waals surface area contributed by atoms with Crippen LogP contribution in [0.2, 0.25) is 0 Å². The van der Waals surface area contributed by atoms with E-state index in [4.69, 9.17) is 22.9 Å². The second kappa shape index (κ2) is 20.8. The molecule has 0 spiro atoms. The summed E-state index contributed by atoms with van der Waals surface area (Å²) in [5, 5.41) is 21.1. The van der Waals surface area contributed by atoms with Crippen LogP contribution >= 0.6 is 0 Å². The van der Waals surface area contributed by atoms with Crippen molar-refractivity contribution >= 4 is 58.2 Å². The highest BCUT2D eigenvalue weighted by atomic mass is 16.3. The maximum atomic E-state index is 14.1. The number of benzene rings is 2. The zero-order chi connectivity index (χ0) is 43.4. The molecule has 1 aliphatic heterocycles. The number of para-hydroxylation sites is 1. The van der Waals surface area contributed by atoms with Gasteiger partial charge in [0.25, 0.3) is 0 Å². The van der Waals surface area contributed by atoms with Gasteiger partial charge in [-0.15, -0.1) is 0 Å². The third-order valence-corrected chi connectivity index (χ3v) is 10.5. The van der Waals surface area contributed by atoms with Gasteiger partial charge in [-0.3, -0.25) is 38.4 Å². The Kier molecular flexibility index (Phi) is 15.9. The molecule has 2 aromatic carbocycles. The minimum absolute atomic E-state index is 0.00940. The maximum absolute atomic E-state index is 14.1. The maximum Gasteiger partial charge on any atom is 0.246 e. The molecule has 0 bridgehead atoms. The number of hydrogen-bond acceptors (Lipinski definition) is 10. The Hall–Kier alpha value is -6.50. The van der Waals surface area contributed by atoms with E-state index in [1.54, 1.807) is 38.2 Å². The fourth-order valence-electron chi connectivity index (χ4n) is 6.96. The molecular formula is C40H54N10O9. The lowest BCUT2D eigenvalue weighted by Gasteiger charge is -2.31. The third kappa shape index (κ3) is 12.5. The number of rotatable bonds is 21. The number of carbonyl (C=O) groups is 8. The SMILES string of the molecule is CC[C@H](C)[C@H](NC(=O)[C@H](CCC(N)=O)NC(=O)[C@H](Cc1c[nH]c2ccccc12)NC(=O)[C@@H](N)CC(N)=O)C(=O)N[C@@H](Cc1ccc(O)cc1)C(=O)N1CCC[C@H]1C(N)=O. The first-order chi connectivity index (χ1) is 28.0. The number of carbonyl (C=O) groups excluding carboxylic acids is 8. The standard InChI is InChI=1S/C40H54N10O9/c1-3-21(2)34(39(58)48-30(17-22-10-12-24(51)13-11-22)40(59)50-16-6-9-31(50)35(44)54)49-37(56)28(14-15-32(42)52)46-38(57)29(47-36(55)26(41)19-33(43)53)18-23-20-45-27-8-5-4-7-25(23)27/h4-5,7-8,10-13,20-21,26,28-31,34,45,51H,3,6,9,14-19,41H2,1-2H3,(H2,42,52)(H2,43,53)(H2,44,54)(H,46,57)(H,47,55)(H,48,58)(H,49,56)/t21-,26-,28-,29-,30-,31-,34-/m0/s1. The number of aromatic amines is 1. The van der Waals surface area contributed by atoms with Crippen LogP contribution in [-0.2, 0) is 51.2 Å². The first-order valence-corrected chi connectivity index (χ1v) is 19.4. The Labute approximate surface area is 340 Å². The molecule has 4 rings (SSSR count). The fraction of sp³-hybridized carbons (Fsp3) is 0.450. The minimum atomic E-state index is -1.45. The summed E-state index contributed by atoms with van der Waals surface area (Å²) >= 11 is 0. The summed E-state index contributed by atoms with van der Waals surface area (Å²) in [6.07, 6.45) is 1.67. The topological polar surface area (TPSA) is 328 Å². The van der Waals surface area contributed by atoms with Crippen LogP contribution in [0.5, 0.6) is 5.75 Å². The monoisotopic (exact) mass is 818 g/mol. The quantitative estimate of drug-likeness (QED) is 0.0599. The first kappa shape index (κ1) is 45.2. The van der Waals surface area contributed by atoms with Gasteiger partial charge < -0.3 is 59.2 Å². The van der Waals surface area contributed by atoms with Crippen molar-refractivity contribution in [2.75, 3.05) is 6.54 Å². The molecule has 1 aromatic heterocycles. The summed E-state index contributed by atoms with van der Waals surface area (Å²) < 4.78 is 0. The summed E-state index contributed by atoms with van der Waals surface area (Å²) in [6, 6.07) is 5.71. The predicted octanol–water partition coefficient (Wildman–Crippen LogP) is -1.41. The lowest BCUT2D eigenvalue weighted by Crippen LogP contribution is -2.61. The number of nitrogens with two attached hydrogens (primary N) is 4. The minimum Gasteiger partial charge on any atom is -0.508 e. The van der Waals surface area contributed by atoms with E-state index in [2.05, 4.69) is 26.3 Å². The van der Waals surface area contributed by atoms with Crippen LogP contribution in [0, 0.1) is 5.92 Å². The number of nitrogens with zero attached hydrogens (tertiary/aromatic N) is 1. The zero-order valence-electron chi connectivity index (χ0n) is 33.1. The van der Waals surface area contributed by atoms with Crippen LogP contribution in [0.4, 0.5) is 0 Å². The number of aromatic hydroxyl groups is 1. The number of phenolic OH excluding ortho intramolecular Hbond substituents is 1. The number of aromatic nitrogens is 1. The Balaban J connectivity index is 1.60. The van der Waals surface area contributed by atoms with E-state index < -0.39 is 95.8 Å². The molecule has 1 fully saturated rings. The van der Waals surface area contributed by atoms with Gasteiger partial charge in [0.05, 0.1) is 12.5 Å². The van der Waals surface area contributed by atoms with Gasteiger partial charge in [0, 0.05) is 42.9 Å². The van der Waals surface area contributed by atoms with Gasteiger partial charge in [0.1, 0.15) is 36.0 Å². The van der Waals surface area contributed by atoms with Gasteiger partial charge in [-0.1, -0.05) is 50.6 Å². The zero-order valence-corrected chi connectivity index (χ0v) is 33.1. The van der Waals surface area contributed by atoms with Gasteiger partial charge in [0.15, 0.2) is 0 Å². The van der Waals surface area contributed by atoms with Crippen LogP contribution in [0.3, 0.4) is 0 Å². The summed E-state index contributed by atoms with van der Waals surface area (Å²) in [6.45, 7) is 3.72. The first-order valence-electron chi connectivity index (χ1n) is 19.4. The number of primary amides is 3. The van der Waals surface area contributed by atoms with Crippen LogP contribution in [0.1, 0.15) is 63.5 Å². The molecule has 3 aromatic rings. The number of phenols is 1. The molecule has 1 aliphatic rings. The number of amides is 8. The van der Waals surface area contributed by atoms with Crippen molar-refractivity contribution in [3.63, 3.8) is 0 Å². The van der Waals surface area contributed by atoms with E-state index in [0.717, 1.165) is 10.9 Å². The second-order valence-corrected chi connectivity index (χ2v) is 14.9. The molecule has 19 nitrogen and oxygen atoms in total. The van der Waals surface area contributed by atoms with Crippen LogP contribution in [0.15, 0.2) is 54.7 Å². The third-order valence-electron chi connectivity index (χ3n) is 10.5. The van der Waals surface area contributed by atoms with Gasteiger partial charge >= 0.3 is 0 Å². The number of hydrogen-bond donors (Lipinski definition) is 10. The second-order valence-electron chi connectivity index (χ2n) is 14.9. The number of fused-ring (bicyclic) bond motifs is 1. The van der Waals surface area contributed by atoms with Gasteiger partial charge in [-0.25, -0.2) is 0 Å². The summed E-state index contributed by atoms with van der Waals surface area (Å²) in [4.78, 5) is 109. The average Bonchev–Trinajstić information content (AvgIpc) is 3.86. The Morgan fingerprint density at radius 1 is 0.814 bits per heavy atom. The van der Waals surface area contributed by atoms with Crippen molar-refractivity contribution in [3.8, 4) is 5.75 Å². The van der Waals surface area contributed by atoms with E-state index in [1.165, 1.54) is 17.0 Å². The van der Waals surface area contributed by atoms with Crippen molar-refractivity contribution in [1.29, 1.82) is 0 Å². The van der Waals surface area contributed by atoms with Crippen LogP contribution in [0.25, 0.3) is 10.9 Å². The Bertz CT molecular complexity index is 2020. The van der Waals surface area contributed by atoms with Crippen molar-refractivity contribution in [3.05, 3.63) is 65.9 Å². The lowest BCUT2D eigenvalue weighted by molar-refractivity contribution is -0.141. The average molecular weight is 819 g/mol. The highest BCUT2D eigenvalue weighted by Gasteiger charge is 2.39. The largest absolute Gasteiger partial charge is 0.508 e. The molecule has 0 aliphatic carbocycles. The van der Waals surface area contributed by atoms with E-state index in [0.29, 0.717) is 30.4 Å². The fourth-order valence-corrected chi connectivity index (χ4v) is 6.96. The molecule has 8 amide bonds. The van der Waals surface area contributed by atoms with Crippen molar-refractivity contribution < 1.29 is 43.5 Å². The van der Waals surface area contributed by atoms with E-state index in [1.807, 2.05) is 18.2 Å². The highest BCUT2D eigenvalue weighted by Crippen LogP contribution is 2.22. The highest BCUT2D eigenvalue weighted by molar-refractivity contribution is 5.98. The predicted molar refractivity (Wildman–Crippen MR) is 215 cm³/mol. The summed E-state index contributed by atoms with van der Waals surface area (Å²) in [5.41, 5.74) is 24.1. The molecule has 0 unspecified atom stereocenters.